The summed E-state index contributed by atoms with van der Waals surface area (Å²) in [5, 5.41) is 2.99. The summed E-state index contributed by atoms with van der Waals surface area (Å²) in [5.41, 5.74) is 2.36. The SMILES string of the molecule is COc1ccc([C@H](COCc2ccccc2)C[C@H]2CCCNC2=O)cc1. The lowest BCUT2D eigenvalue weighted by Crippen LogP contribution is -2.37. The van der Waals surface area contributed by atoms with Gasteiger partial charge in [-0.05, 0) is 42.5 Å². The van der Waals surface area contributed by atoms with E-state index in [9.17, 15) is 4.79 Å². The summed E-state index contributed by atoms with van der Waals surface area (Å²) in [7, 11) is 1.67. The second-order valence-electron chi connectivity index (χ2n) is 6.84. The smallest absolute Gasteiger partial charge is 0.223 e. The van der Waals surface area contributed by atoms with Gasteiger partial charge in [0.25, 0.3) is 0 Å². The first-order valence-corrected chi connectivity index (χ1v) is 9.29. The summed E-state index contributed by atoms with van der Waals surface area (Å²) in [4.78, 5) is 12.2. The molecule has 1 aliphatic heterocycles. The Morgan fingerprint density at radius 2 is 1.88 bits per heavy atom. The van der Waals surface area contributed by atoms with Crippen LogP contribution in [0.25, 0.3) is 0 Å². The Morgan fingerprint density at radius 1 is 1.12 bits per heavy atom. The number of carbonyl (C=O) groups excluding carboxylic acids is 1. The standard InChI is InChI=1S/C22H27NO3/c1-25-21-11-9-18(10-12-21)20(14-19-8-5-13-23-22(19)24)16-26-15-17-6-3-2-4-7-17/h2-4,6-7,9-12,19-20H,5,8,13-16H2,1H3,(H,23,24)/t19-,20+/m1/s1. The molecule has 0 saturated carbocycles. The van der Waals surface area contributed by atoms with E-state index in [0.717, 1.165) is 37.1 Å². The molecular weight excluding hydrogens is 326 g/mol. The first kappa shape index (κ1) is 18.5. The van der Waals surface area contributed by atoms with E-state index in [0.29, 0.717) is 13.2 Å². The van der Waals surface area contributed by atoms with E-state index in [1.165, 1.54) is 5.56 Å². The fraction of sp³-hybridized carbons (Fsp3) is 0.409. The number of ether oxygens (including phenoxy) is 2. The summed E-state index contributed by atoms with van der Waals surface area (Å²) >= 11 is 0. The van der Waals surface area contributed by atoms with Crippen molar-refractivity contribution < 1.29 is 14.3 Å². The van der Waals surface area contributed by atoms with Gasteiger partial charge in [0, 0.05) is 18.4 Å². The van der Waals surface area contributed by atoms with Gasteiger partial charge in [0.2, 0.25) is 5.91 Å². The lowest BCUT2D eigenvalue weighted by atomic mass is 9.85. The van der Waals surface area contributed by atoms with Crippen molar-refractivity contribution in [3.8, 4) is 5.75 Å². The third-order valence-electron chi connectivity index (χ3n) is 4.99. The maximum absolute atomic E-state index is 12.2. The molecule has 1 saturated heterocycles. The molecule has 138 valence electrons. The van der Waals surface area contributed by atoms with E-state index >= 15 is 0 Å². The van der Waals surface area contributed by atoms with E-state index in [1.54, 1.807) is 7.11 Å². The molecule has 1 amide bonds. The summed E-state index contributed by atoms with van der Waals surface area (Å²) in [6.07, 6.45) is 2.82. The molecule has 26 heavy (non-hydrogen) atoms. The average molecular weight is 353 g/mol. The third kappa shape index (κ3) is 5.09. The van der Waals surface area contributed by atoms with E-state index in [-0.39, 0.29) is 17.7 Å². The van der Waals surface area contributed by atoms with Crippen LogP contribution in [0.4, 0.5) is 0 Å². The highest BCUT2D eigenvalue weighted by Crippen LogP contribution is 2.29. The van der Waals surface area contributed by atoms with Gasteiger partial charge in [0.05, 0.1) is 20.3 Å². The molecule has 1 N–H and O–H groups in total. The minimum atomic E-state index is 0.0659. The Balaban J connectivity index is 1.66. The quantitative estimate of drug-likeness (QED) is 0.783. The number of carbonyl (C=O) groups is 1. The van der Waals surface area contributed by atoms with Gasteiger partial charge >= 0.3 is 0 Å². The zero-order chi connectivity index (χ0) is 18.2. The maximum atomic E-state index is 12.2. The second-order valence-corrected chi connectivity index (χ2v) is 6.84. The Hall–Kier alpha value is -2.33. The van der Waals surface area contributed by atoms with Crippen LogP contribution in [0.3, 0.4) is 0 Å². The molecule has 0 aromatic heterocycles. The maximum Gasteiger partial charge on any atom is 0.223 e. The van der Waals surface area contributed by atoms with Crippen molar-refractivity contribution in [3.05, 3.63) is 65.7 Å². The molecule has 3 rings (SSSR count). The van der Waals surface area contributed by atoms with Crippen LogP contribution < -0.4 is 10.1 Å². The molecule has 0 unspecified atom stereocenters. The minimum absolute atomic E-state index is 0.0659. The van der Waals surface area contributed by atoms with Gasteiger partial charge in [-0.15, -0.1) is 0 Å². The van der Waals surface area contributed by atoms with Gasteiger partial charge in [-0.1, -0.05) is 42.5 Å². The lowest BCUT2D eigenvalue weighted by molar-refractivity contribution is -0.127. The number of amides is 1. The molecule has 1 heterocycles. The van der Waals surface area contributed by atoms with Gasteiger partial charge in [0.1, 0.15) is 5.75 Å². The monoisotopic (exact) mass is 353 g/mol. The molecule has 2 aromatic carbocycles. The third-order valence-corrected chi connectivity index (χ3v) is 4.99. The number of methoxy groups -OCH3 is 1. The molecular formula is C22H27NO3. The number of benzene rings is 2. The highest BCUT2D eigenvalue weighted by atomic mass is 16.5. The normalized spacial score (nSPS) is 18.2. The molecule has 1 aliphatic rings. The summed E-state index contributed by atoms with van der Waals surface area (Å²) in [6.45, 7) is 1.99. The zero-order valence-electron chi connectivity index (χ0n) is 15.3. The summed E-state index contributed by atoms with van der Waals surface area (Å²) < 4.78 is 11.3. The van der Waals surface area contributed by atoms with E-state index in [1.807, 2.05) is 30.3 Å². The predicted octanol–water partition coefficient (Wildman–Crippen LogP) is 3.91. The van der Waals surface area contributed by atoms with E-state index < -0.39 is 0 Å². The first-order chi connectivity index (χ1) is 12.8. The number of piperidine rings is 1. The zero-order valence-corrected chi connectivity index (χ0v) is 15.3. The van der Waals surface area contributed by atoms with Crippen molar-refractivity contribution in [1.29, 1.82) is 0 Å². The Kier molecular flexibility index (Phi) is 6.67. The highest BCUT2D eigenvalue weighted by Gasteiger charge is 2.26. The van der Waals surface area contributed by atoms with Crippen LogP contribution in [0.15, 0.2) is 54.6 Å². The van der Waals surface area contributed by atoms with E-state index in [2.05, 4.69) is 29.6 Å². The van der Waals surface area contributed by atoms with Gasteiger partial charge in [-0.25, -0.2) is 0 Å². The van der Waals surface area contributed by atoms with Crippen molar-refractivity contribution >= 4 is 5.91 Å². The van der Waals surface area contributed by atoms with Crippen LogP contribution >= 0.6 is 0 Å². The van der Waals surface area contributed by atoms with Crippen molar-refractivity contribution in [2.45, 2.75) is 31.8 Å². The molecule has 2 aromatic rings. The largest absolute Gasteiger partial charge is 0.497 e. The topological polar surface area (TPSA) is 47.6 Å². The van der Waals surface area contributed by atoms with Crippen molar-refractivity contribution in [3.63, 3.8) is 0 Å². The molecule has 4 heteroatoms. The number of rotatable bonds is 8. The second kappa shape index (κ2) is 9.39. The lowest BCUT2D eigenvalue weighted by Gasteiger charge is -2.26. The van der Waals surface area contributed by atoms with Gasteiger partial charge in [-0.3, -0.25) is 4.79 Å². The molecule has 0 radical (unpaired) electrons. The van der Waals surface area contributed by atoms with Crippen molar-refractivity contribution in [1.82, 2.24) is 5.32 Å². The average Bonchev–Trinajstić information content (AvgIpc) is 2.70. The highest BCUT2D eigenvalue weighted by molar-refractivity contribution is 5.79. The molecule has 0 bridgehead atoms. The van der Waals surface area contributed by atoms with Gasteiger partial charge in [0.15, 0.2) is 0 Å². The Labute approximate surface area is 155 Å². The minimum Gasteiger partial charge on any atom is -0.497 e. The van der Waals surface area contributed by atoms with E-state index in [4.69, 9.17) is 9.47 Å². The van der Waals surface area contributed by atoms with Crippen LogP contribution in [-0.2, 0) is 16.1 Å². The fourth-order valence-corrected chi connectivity index (χ4v) is 3.47. The van der Waals surface area contributed by atoms with Crippen LogP contribution in [0.1, 0.15) is 36.3 Å². The van der Waals surface area contributed by atoms with Gasteiger partial charge in [-0.2, -0.15) is 0 Å². The van der Waals surface area contributed by atoms with Crippen LogP contribution in [-0.4, -0.2) is 26.2 Å². The molecule has 0 spiro atoms. The Morgan fingerprint density at radius 3 is 2.58 bits per heavy atom. The van der Waals surface area contributed by atoms with Gasteiger partial charge < -0.3 is 14.8 Å². The van der Waals surface area contributed by atoms with Crippen LogP contribution in [0.5, 0.6) is 5.75 Å². The van der Waals surface area contributed by atoms with Crippen molar-refractivity contribution in [2.24, 2.45) is 5.92 Å². The summed E-state index contributed by atoms with van der Waals surface area (Å²) in [6, 6.07) is 18.3. The molecule has 0 aliphatic carbocycles. The van der Waals surface area contributed by atoms with Crippen molar-refractivity contribution in [2.75, 3.05) is 20.3 Å². The first-order valence-electron chi connectivity index (χ1n) is 9.29. The molecule has 2 atom stereocenters. The van der Waals surface area contributed by atoms with Crippen LogP contribution in [0.2, 0.25) is 0 Å². The number of hydrogen-bond donors (Lipinski definition) is 1. The van der Waals surface area contributed by atoms with Crippen LogP contribution in [0, 0.1) is 5.92 Å². The Bertz CT molecular complexity index is 684. The molecule has 4 nitrogen and oxygen atoms in total. The fourth-order valence-electron chi connectivity index (χ4n) is 3.47. The number of nitrogens with one attached hydrogen (secondary N) is 1. The predicted molar refractivity (Wildman–Crippen MR) is 102 cm³/mol. The number of hydrogen-bond acceptors (Lipinski definition) is 3. The summed E-state index contributed by atoms with van der Waals surface area (Å²) in [5.74, 6) is 1.28. The molecule has 1 fully saturated rings.